The van der Waals surface area contributed by atoms with Gasteiger partial charge >= 0.3 is 6.18 Å². The van der Waals surface area contributed by atoms with Gasteiger partial charge in [0.05, 0.1) is 18.4 Å². The minimum atomic E-state index is -4.51. The van der Waals surface area contributed by atoms with Crippen molar-refractivity contribution in [3.8, 4) is 11.6 Å². The molecule has 174 valence electrons. The van der Waals surface area contributed by atoms with Gasteiger partial charge in [0.25, 0.3) is 0 Å². The van der Waals surface area contributed by atoms with Crippen LogP contribution < -0.4 is 15.0 Å². The smallest absolute Gasteiger partial charge is 0.416 e. The van der Waals surface area contributed by atoms with Gasteiger partial charge in [-0.1, -0.05) is 0 Å². The summed E-state index contributed by atoms with van der Waals surface area (Å²) in [5.41, 5.74) is -0.836. The fourth-order valence-corrected chi connectivity index (χ4v) is 3.85. The minimum Gasteiger partial charge on any atom is -0.495 e. The number of benzene rings is 1. The van der Waals surface area contributed by atoms with Crippen LogP contribution in [-0.4, -0.2) is 45.6 Å². The van der Waals surface area contributed by atoms with Gasteiger partial charge in [0.1, 0.15) is 29.5 Å². The number of imidazole rings is 1. The van der Waals surface area contributed by atoms with Crippen LogP contribution in [0.3, 0.4) is 0 Å². The van der Waals surface area contributed by atoms with Gasteiger partial charge in [-0.25, -0.2) is 15.0 Å². The van der Waals surface area contributed by atoms with Crippen LogP contribution >= 0.6 is 0 Å². The first-order valence-corrected chi connectivity index (χ1v) is 10.4. The number of alkyl halides is 3. The summed E-state index contributed by atoms with van der Waals surface area (Å²) in [7, 11) is 1.35. The molecule has 0 saturated carbocycles. The highest BCUT2D eigenvalue weighted by molar-refractivity contribution is 5.94. The summed E-state index contributed by atoms with van der Waals surface area (Å²) in [4.78, 5) is 27.7. The molecular weight excluding hydrogens is 437 g/mol. The molecule has 1 saturated heterocycles. The van der Waals surface area contributed by atoms with E-state index in [4.69, 9.17) is 4.74 Å². The normalized spacial score (nSPS) is 14.9. The molecule has 1 amide bonds. The minimum absolute atomic E-state index is 0.0101. The van der Waals surface area contributed by atoms with Gasteiger partial charge in [-0.15, -0.1) is 0 Å². The van der Waals surface area contributed by atoms with E-state index in [2.05, 4.69) is 25.2 Å². The Morgan fingerprint density at radius 2 is 1.85 bits per heavy atom. The molecule has 3 heterocycles. The number of piperidine rings is 1. The maximum atomic E-state index is 13.1. The molecule has 3 aromatic rings. The summed E-state index contributed by atoms with van der Waals surface area (Å²) >= 11 is 0. The number of rotatable bonds is 5. The van der Waals surface area contributed by atoms with E-state index in [9.17, 15) is 18.0 Å². The Labute approximate surface area is 188 Å². The molecular formula is C22H23F3N6O2. The summed E-state index contributed by atoms with van der Waals surface area (Å²) in [6.45, 7) is 3.04. The zero-order chi connectivity index (χ0) is 23.6. The van der Waals surface area contributed by atoms with Crippen molar-refractivity contribution < 1.29 is 22.7 Å². The highest BCUT2D eigenvalue weighted by atomic mass is 19.4. The summed E-state index contributed by atoms with van der Waals surface area (Å²) in [5, 5.41) is 2.61. The Kier molecular flexibility index (Phi) is 6.21. The SMILES string of the molecule is COc1ccc(C(F)(F)F)cc1NC(=O)C1CCN(c2cc(-n3ccnc3C)ncn2)CC1. The Morgan fingerprint density at radius 1 is 1.12 bits per heavy atom. The molecule has 0 bridgehead atoms. The average Bonchev–Trinajstić information content (AvgIpc) is 3.24. The number of halogens is 3. The van der Waals surface area contributed by atoms with Gasteiger partial charge in [-0.3, -0.25) is 9.36 Å². The molecule has 4 rings (SSSR count). The lowest BCUT2D eigenvalue weighted by molar-refractivity contribution is -0.137. The second-order valence-corrected chi connectivity index (χ2v) is 7.74. The molecule has 0 spiro atoms. The van der Waals surface area contributed by atoms with Crippen LogP contribution in [0.2, 0.25) is 0 Å². The van der Waals surface area contributed by atoms with Crippen molar-refractivity contribution in [3.05, 3.63) is 54.4 Å². The van der Waals surface area contributed by atoms with E-state index in [1.54, 1.807) is 6.20 Å². The van der Waals surface area contributed by atoms with Gasteiger partial charge in [0, 0.05) is 37.5 Å². The third kappa shape index (κ3) is 4.91. The summed E-state index contributed by atoms with van der Waals surface area (Å²) in [6, 6.07) is 4.89. The van der Waals surface area contributed by atoms with Crippen molar-refractivity contribution in [3.63, 3.8) is 0 Å². The average molecular weight is 460 g/mol. The Bertz CT molecular complexity index is 1140. The van der Waals surface area contributed by atoms with Crippen LogP contribution in [0.15, 0.2) is 43.0 Å². The van der Waals surface area contributed by atoms with E-state index >= 15 is 0 Å². The number of aromatic nitrogens is 4. The van der Waals surface area contributed by atoms with E-state index in [0.29, 0.717) is 31.7 Å². The Morgan fingerprint density at radius 3 is 2.48 bits per heavy atom. The highest BCUT2D eigenvalue weighted by Gasteiger charge is 2.32. The first kappa shape index (κ1) is 22.6. The quantitative estimate of drug-likeness (QED) is 0.623. The van der Waals surface area contributed by atoms with Gasteiger partial charge in [0.15, 0.2) is 0 Å². The number of hydrogen-bond acceptors (Lipinski definition) is 6. The largest absolute Gasteiger partial charge is 0.495 e. The lowest BCUT2D eigenvalue weighted by atomic mass is 9.95. The fourth-order valence-electron chi connectivity index (χ4n) is 3.85. The predicted molar refractivity (Wildman–Crippen MR) is 115 cm³/mol. The molecule has 1 aromatic carbocycles. The van der Waals surface area contributed by atoms with Gasteiger partial charge in [0.2, 0.25) is 5.91 Å². The van der Waals surface area contributed by atoms with Crippen molar-refractivity contribution in [2.24, 2.45) is 5.92 Å². The maximum Gasteiger partial charge on any atom is 0.416 e. The van der Waals surface area contributed by atoms with Crippen molar-refractivity contribution in [1.82, 2.24) is 19.5 Å². The molecule has 1 aliphatic heterocycles. The molecule has 0 aliphatic carbocycles. The second kappa shape index (κ2) is 9.08. The Balaban J connectivity index is 1.42. The Hall–Kier alpha value is -3.63. The first-order chi connectivity index (χ1) is 15.8. The molecule has 1 aliphatic rings. The van der Waals surface area contributed by atoms with Crippen LogP contribution in [0.1, 0.15) is 24.2 Å². The number of amides is 1. The number of hydrogen-bond donors (Lipinski definition) is 1. The van der Waals surface area contributed by atoms with Crippen LogP contribution in [0.4, 0.5) is 24.7 Å². The van der Waals surface area contributed by atoms with Crippen molar-refractivity contribution in [2.45, 2.75) is 25.9 Å². The topological polar surface area (TPSA) is 85.2 Å². The molecule has 0 atom stereocenters. The van der Waals surface area contributed by atoms with Crippen LogP contribution in [-0.2, 0) is 11.0 Å². The monoisotopic (exact) mass is 460 g/mol. The highest BCUT2D eigenvalue weighted by Crippen LogP contribution is 2.35. The molecule has 2 aromatic heterocycles. The molecule has 11 heteroatoms. The molecule has 8 nitrogen and oxygen atoms in total. The van der Waals surface area contributed by atoms with Gasteiger partial charge in [-0.2, -0.15) is 13.2 Å². The van der Waals surface area contributed by atoms with Gasteiger partial charge < -0.3 is 15.0 Å². The second-order valence-electron chi connectivity index (χ2n) is 7.74. The number of carbonyl (C=O) groups excluding carboxylic acids is 1. The zero-order valence-corrected chi connectivity index (χ0v) is 18.1. The van der Waals surface area contributed by atoms with Crippen molar-refractivity contribution in [2.75, 3.05) is 30.4 Å². The van der Waals surface area contributed by atoms with E-state index in [-0.39, 0.29) is 23.3 Å². The standard InChI is InChI=1S/C22H23F3N6O2/c1-14-26-7-10-31(14)20-12-19(27-13-28-20)30-8-5-15(6-9-30)21(32)29-17-11-16(22(23,24)25)3-4-18(17)33-2/h3-4,7,10-13,15H,5-6,8-9H2,1-2H3,(H,29,32). The number of methoxy groups -OCH3 is 1. The predicted octanol–water partition coefficient (Wildman–Crippen LogP) is 3.85. The van der Waals surface area contributed by atoms with E-state index in [0.717, 1.165) is 23.8 Å². The third-order valence-corrected chi connectivity index (χ3v) is 5.69. The van der Waals surface area contributed by atoms with Crippen LogP contribution in [0.25, 0.3) is 5.82 Å². The third-order valence-electron chi connectivity index (χ3n) is 5.69. The van der Waals surface area contributed by atoms with E-state index in [1.165, 1.54) is 19.5 Å². The number of carbonyl (C=O) groups is 1. The summed E-state index contributed by atoms with van der Waals surface area (Å²) in [5.74, 6) is 1.76. The van der Waals surface area contributed by atoms with E-state index in [1.807, 2.05) is 23.8 Å². The molecule has 0 radical (unpaired) electrons. The number of anilines is 2. The lowest BCUT2D eigenvalue weighted by Gasteiger charge is -2.32. The molecule has 1 fully saturated rings. The number of aryl methyl sites for hydroxylation is 1. The number of ether oxygens (including phenoxy) is 1. The number of nitrogens with one attached hydrogen (secondary N) is 1. The van der Waals surface area contributed by atoms with Crippen molar-refractivity contribution >= 4 is 17.4 Å². The van der Waals surface area contributed by atoms with Crippen molar-refractivity contribution in [1.29, 1.82) is 0 Å². The molecule has 1 N–H and O–H groups in total. The molecule has 33 heavy (non-hydrogen) atoms. The molecule has 0 unspecified atom stereocenters. The summed E-state index contributed by atoms with van der Waals surface area (Å²) in [6.07, 6.45) is 1.57. The van der Waals surface area contributed by atoms with E-state index < -0.39 is 11.7 Å². The van der Waals surface area contributed by atoms with Crippen LogP contribution in [0, 0.1) is 12.8 Å². The van der Waals surface area contributed by atoms with Crippen LogP contribution in [0.5, 0.6) is 5.75 Å². The maximum absolute atomic E-state index is 13.1. The summed E-state index contributed by atoms with van der Waals surface area (Å²) < 4.78 is 46.2. The van der Waals surface area contributed by atoms with Gasteiger partial charge in [-0.05, 0) is 38.0 Å². The lowest BCUT2D eigenvalue weighted by Crippen LogP contribution is -2.38. The number of nitrogens with zero attached hydrogens (tertiary/aromatic N) is 5. The fraction of sp³-hybridized carbons (Fsp3) is 0.364. The zero-order valence-electron chi connectivity index (χ0n) is 18.1. The first-order valence-electron chi connectivity index (χ1n) is 10.4.